The second kappa shape index (κ2) is 12.4. The Morgan fingerprint density at radius 2 is 1.39 bits per heavy atom. The minimum Gasteiger partial charge on any atom is -0.325 e. The molecular weight excluding hydrogens is 573 g/mol. The van der Waals surface area contributed by atoms with Gasteiger partial charge in [-0.3, -0.25) is 9.36 Å². The lowest BCUT2D eigenvalue weighted by Gasteiger charge is -2.20. The van der Waals surface area contributed by atoms with Gasteiger partial charge in [-0.15, -0.1) is 0 Å². The number of alkyl halides is 2. The summed E-state index contributed by atoms with van der Waals surface area (Å²) < 4.78 is 67.9. The van der Waals surface area contributed by atoms with Crippen molar-refractivity contribution in [2.45, 2.75) is 29.4 Å². The standard InChI is InChI=1S/C29H27F2N2O6PS/c30-29(31,40(35,36)37)24-16-14-22(15-17-24)20-27(33-41(38,39)26-12-5-2-6-13-26)28(34)32-25-11-7-10-23(19-25)18-21-8-3-1-4-9-21/h1-17,19,27,33H,18,20H2,(H,32,34)(H2,35,36,37)/t27-/m0/s1. The maximum absolute atomic E-state index is 14.1. The third-order valence-electron chi connectivity index (χ3n) is 6.22. The van der Waals surface area contributed by atoms with E-state index in [4.69, 9.17) is 9.79 Å². The predicted molar refractivity (Wildman–Crippen MR) is 151 cm³/mol. The Bertz CT molecular complexity index is 1650. The van der Waals surface area contributed by atoms with Crippen molar-refractivity contribution in [1.29, 1.82) is 0 Å². The van der Waals surface area contributed by atoms with Crippen molar-refractivity contribution in [1.82, 2.24) is 4.72 Å². The predicted octanol–water partition coefficient (Wildman–Crippen LogP) is 5.03. The highest BCUT2D eigenvalue weighted by atomic mass is 32.2. The van der Waals surface area contributed by atoms with Crippen LogP contribution in [0.3, 0.4) is 0 Å². The first kappa shape index (κ1) is 30.2. The van der Waals surface area contributed by atoms with E-state index in [1.165, 1.54) is 24.3 Å². The Labute approximate surface area is 236 Å². The fourth-order valence-corrected chi connectivity index (χ4v) is 5.81. The Morgan fingerprint density at radius 3 is 2.00 bits per heavy atom. The molecule has 0 aromatic heterocycles. The van der Waals surface area contributed by atoms with Crippen LogP contribution in [-0.4, -0.2) is 30.2 Å². The summed E-state index contributed by atoms with van der Waals surface area (Å²) >= 11 is 0. The van der Waals surface area contributed by atoms with E-state index in [2.05, 4.69) is 10.0 Å². The normalized spacial score (nSPS) is 13.0. The van der Waals surface area contributed by atoms with Crippen LogP contribution >= 0.6 is 7.60 Å². The molecule has 4 N–H and O–H groups in total. The second-order valence-corrected chi connectivity index (χ2v) is 12.7. The maximum Gasteiger partial charge on any atom is 0.399 e. The van der Waals surface area contributed by atoms with E-state index in [9.17, 15) is 26.6 Å². The van der Waals surface area contributed by atoms with E-state index in [0.717, 1.165) is 35.4 Å². The molecule has 0 radical (unpaired) electrons. The topological polar surface area (TPSA) is 133 Å². The second-order valence-electron chi connectivity index (χ2n) is 9.33. The molecule has 0 bridgehead atoms. The summed E-state index contributed by atoms with van der Waals surface area (Å²) in [7, 11) is -9.92. The molecule has 8 nitrogen and oxygen atoms in total. The first-order valence-corrected chi connectivity index (χ1v) is 15.5. The fourth-order valence-electron chi connectivity index (χ4n) is 4.11. The zero-order valence-electron chi connectivity index (χ0n) is 21.5. The molecule has 0 aliphatic heterocycles. The highest BCUT2D eigenvalue weighted by Gasteiger charge is 2.50. The average molecular weight is 601 g/mol. The van der Waals surface area contributed by atoms with Gasteiger partial charge in [0.1, 0.15) is 6.04 Å². The molecule has 0 aliphatic rings. The van der Waals surface area contributed by atoms with Gasteiger partial charge in [0.05, 0.1) is 4.90 Å². The molecule has 0 aliphatic carbocycles. The van der Waals surface area contributed by atoms with Crippen LogP contribution in [0.25, 0.3) is 0 Å². The fraction of sp³-hybridized carbons (Fsp3) is 0.138. The molecule has 41 heavy (non-hydrogen) atoms. The van der Waals surface area contributed by atoms with Crippen LogP contribution in [0.2, 0.25) is 0 Å². The molecular formula is C29H27F2N2O6PS. The lowest BCUT2D eigenvalue weighted by Crippen LogP contribution is -2.45. The first-order valence-electron chi connectivity index (χ1n) is 12.4. The number of nitrogens with one attached hydrogen (secondary N) is 2. The van der Waals surface area contributed by atoms with Gasteiger partial charge in [0, 0.05) is 11.3 Å². The van der Waals surface area contributed by atoms with Crippen LogP contribution in [0.4, 0.5) is 14.5 Å². The van der Waals surface area contributed by atoms with Gasteiger partial charge in [0.15, 0.2) is 0 Å². The van der Waals surface area contributed by atoms with Crippen molar-refractivity contribution in [3.05, 3.63) is 131 Å². The number of rotatable bonds is 11. The lowest BCUT2D eigenvalue weighted by molar-refractivity contribution is -0.117. The van der Waals surface area contributed by atoms with Crippen molar-refractivity contribution >= 4 is 29.2 Å². The van der Waals surface area contributed by atoms with Gasteiger partial charge in [-0.2, -0.15) is 13.5 Å². The van der Waals surface area contributed by atoms with Crippen LogP contribution in [0.1, 0.15) is 22.3 Å². The van der Waals surface area contributed by atoms with Gasteiger partial charge >= 0.3 is 13.3 Å². The lowest BCUT2D eigenvalue weighted by atomic mass is 10.0. The van der Waals surface area contributed by atoms with Gasteiger partial charge in [0.25, 0.3) is 0 Å². The Hall–Kier alpha value is -3.73. The number of carbonyl (C=O) groups excluding carboxylic acids is 1. The quantitative estimate of drug-likeness (QED) is 0.179. The largest absolute Gasteiger partial charge is 0.399 e. The summed E-state index contributed by atoms with van der Waals surface area (Å²) in [4.78, 5) is 31.3. The van der Waals surface area contributed by atoms with Crippen LogP contribution < -0.4 is 10.0 Å². The van der Waals surface area contributed by atoms with Gasteiger partial charge in [-0.1, -0.05) is 84.9 Å². The zero-order chi connectivity index (χ0) is 29.7. The summed E-state index contributed by atoms with van der Waals surface area (Å²) in [5, 5.41) is 2.73. The van der Waals surface area contributed by atoms with Gasteiger partial charge in [-0.25, -0.2) is 8.42 Å². The van der Waals surface area contributed by atoms with Gasteiger partial charge in [-0.05, 0) is 53.8 Å². The van der Waals surface area contributed by atoms with Crippen molar-refractivity contribution in [3.63, 3.8) is 0 Å². The number of hydrogen-bond donors (Lipinski definition) is 4. The van der Waals surface area contributed by atoms with Crippen molar-refractivity contribution in [2.24, 2.45) is 0 Å². The van der Waals surface area contributed by atoms with E-state index in [1.807, 2.05) is 36.4 Å². The minimum absolute atomic E-state index is 0.0701. The van der Waals surface area contributed by atoms with E-state index < -0.39 is 40.8 Å². The number of hydrogen-bond acceptors (Lipinski definition) is 4. The first-order chi connectivity index (χ1) is 19.3. The molecule has 1 amide bonds. The van der Waals surface area contributed by atoms with Crippen molar-refractivity contribution < 1.29 is 36.3 Å². The molecule has 0 saturated carbocycles. The number of benzene rings is 4. The van der Waals surface area contributed by atoms with Crippen LogP contribution in [0, 0.1) is 0 Å². The number of amides is 1. The Morgan fingerprint density at radius 1 is 0.805 bits per heavy atom. The van der Waals surface area contributed by atoms with Crippen molar-refractivity contribution in [2.75, 3.05) is 5.32 Å². The third-order valence-corrected chi connectivity index (χ3v) is 8.70. The molecule has 1 atom stereocenters. The van der Waals surface area contributed by atoms with Gasteiger partial charge < -0.3 is 15.1 Å². The molecule has 0 saturated heterocycles. The van der Waals surface area contributed by atoms with Crippen LogP contribution in [-0.2, 0) is 37.9 Å². The summed E-state index contributed by atoms with van der Waals surface area (Å²) in [6.45, 7) is 0. The molecule has 0 unspecified atom stereocenters. The molecule has 0 fully saturated rings. The number of anilines is 1. The van der Waals surface area contributed by atoms with Crippen molar-refractivity contribution in [3.8, 4) is 0 Å². The average Bonchev–Trinajstić information content (AvgIpc) is 2.93. The van der Waals surface area contributed by atoms with Crippen LogP contribution in [0.15, 0.2) is 114 Å². The van der Waals surface area contributed by atoms with Crippen LogP contribution in [0.5, 0.6) is 0 Å². The number of sulfonamides is 1. The van der Waals surface area contributed by atoms with E-state index in [-0.39, 0.29) is 16.9 Å². The minimum atomic E-state index is -5.77. The summed E-state index contributed by atoms with van der Waals surface area (Å²) in [5.41, 5.74) is -2.61. The number of carbonyl (C=O) groups is 1. The Balaban J connectivity index is 1.58. The highest BCUT2D eigenvalue weighted by Crippen LogP contribution is 2.59. The molecule has 4 aromatic rings. The molecule has 214 valence electrons. The third kappa shape index (κ3) is 7.72. The smallest absolute Gasteiger partial charge is 0.325 e. The molecule has 12 heteroatoms. The van der Waals surface area contributed by atoms with E-state index >= 15 is 0 Å². The number of halogens is 2. The van der Waals surface area contributed by atoms with E-state index in [1.54, 1.807) is 24.3 Å². The SMILES string of the molecule is O=C(Nc1cccc(Cc2ccccc2)c1)[C@H](Cc1ccc(C(F)(F)P(=O)(O)O)cc1)NS(=O)(=O)c1ccccc1. The molecule has 4 aromatic carbocycles. The molecule has 4 rings (SSSR count). The van der Waals surface area contributed by atoms with Gasteiger partial charge in [0.2, 0.25) is 15.9 Å². The zero-order valence-corrected chi connectivity index (χ0v) is 23.2. The monoisotopic (exact) mass is 600 g/mol. The highest BCUT2D eigenvalue weighted by molar-refractivity contribution is 7.89. The molecule has 0 spiro atoms. The molecule has 0 heterocycles. The summed E-state index contributed by atoms with van der Waals surface area (Å²) in [6, 6.07) is 26.9. The summed E-state index contributed by atoms with van der Waals surface area (Å²) in [6.07, 6.45) is 0.379. The maximum atomic E-state index is 14.1. The Kier molecular flexibility index (Phi) is 9.16. The summed E-state index contributed by atoms with van der Waals surface area (Å²) in [5.74, 6) is -0.689. The van der Waals surface area contributed by atoms with E-state index in [0.29, 0.717) is 12.1 Å².